The van der Waals surface area contributed by atoms with Crippen LogP contribution in [0.3, 0.4) is 0 Å². The lowest BCUT2D eigenvalue weighted by Crippen LogP contribution is -2.48. The number of fused-ring (bicyclic) bond motifs is 1. The minimum atomic E-state index is -0.451. The van der Waals surface area contributed by atoms with Crippen LogP contribution in [-0.4, -0.2) is 43.5 Å². The number of methoxy groups -OCH3 is 1. The van der Waals surface area contributed by atoms with E-state index in [9.17, 15) is 14.4 Å². The van der Waals surface area contributed by atoms with Crippen molar-refractivity contribution in [2.75, 3.05) is 37.0 Å². The highest BCUT2D eigenvalue weighted by Gasteiger charge is 2.18. The van der Waals surface area contributed by atoms with E-state index in [0.29, 0.717) is 41.5 Å². The van der Waals surface area contributed by atoms with Crippen molar-refractivity contribution in [3.05, 3.63) is 58.1 Å². The Balaban J connectivity index is 1.40. The van der Waals surface area contributed by atoms with E-state index < -0.39 is 5.63 Å². The standard InChI is InChI=1S/C23H24N4O5/c1-14-17-5-4-16(31-2)11-19(17)32-23(30)18(14)6-8-21(28)26-15-3-7-20(25-12-15)27-10-9-24-22(29)13-27/h3-5,7,11-12H,6,8-10,13H2,1-2H3,(H,24,29)(H,26,28). The van der Waals surface area contributed by atoms with Crippen LogP contribution in [0.1, 0.15) is 17.5 Å². The second kappa shape index (κ2) is 9.09. The van der Waals surface area contributed by atoms with Gasteiger partial charge >= 0.3 is 5.63 Å². The molecule has 0 aliphatic carbocycles. The molecular formula is C23H24N4O5. The maximum atomic E-state index is 12.5. The smallest absolute Gasteiger partial charge is 0.339 e. The zero-order valence-electron chi connectivity index (χ0n) is 17.9. The number of aromatic nitrogens is 1. The number of nitrogens with one attached hydrogen (secondary N) is 2. The van der Waals surface area contributed by atoms with Gasteiger partial charge in [0.1, 0.15) is 17.2 Å². The van der Waals surface area contributed by atoms with Gasteiger partial charge in [-0.2, -0.15) is 0 Å². The predicted molar refractivity (Wildman–Crippen MR) is 120 cm³/mol. The van der Waals surface area contributed by atoms with Crippen molar-refractivity contribution in [2.45, 2.75) is 19.8 Å². The SMILES string of the molecule is COc1ccc2c(C)c(CCC(=O)Nc3ccc(N4CCNC(=O)C4)nc3)c(=O)oc2c1. The number of carbonyl (C=O) groups is 2. The number of hydrogen-bond acceptors (Lipinski definition) is 7. The molecule has 0 atom stereocenters. The summed E-state index contributed by atoms with van der Waals surface area (Å²) in [5.74, 6) is 1.02. The molecule has 2 aromatic heterocycles. The van der Waals surface area contributed by atoms with Crippen LogP contribution in [-0.2, 0) is 16.0 Å². The van der Waals surface area contributed by atoms with Gasteiger partial charge in [0.15, 0.2) is 0 Å². The average Bonchev–Trinajstić information content (AvgIpc) is 2.79. The van der Waals surface area contributed by atoms with Crippen molar-refractivity contribution in [2.24, 2.45) is 0 Å². The second-order valence-electron chi connectivity index (χ2n) is 7.58. The highest BCUT2D eigenvalue weighted by molar-refractivity contribution is 5.91. The maximum Gasteiger partial charge on any atom is 0.339 e. The molecule has 1 aliphatic heterocycles. The molecule has 0 radical (unpaired) electrons. The van der Waals surface area contributed by atoms with Gasteiger partial charge in [-0.05, 0) is 43.2 Å². The lowest BCUT2D eigenvalue weighted by Gasteiger charge is -2.27. The van der Waals surface area contributed by atoms with Crippen LogP contribution in [0.5, 0.6) is 5.75 Å². The van der Waals surface area contributed by atoms with Crippen LogP contribution in [0.4, 0.5) is 11.5 Å². The molecule has 166 valence electrons. The zero-order valence-corrected chi connectivity index (χ0v) is 17.9. The van der Waals surface area contributed by atoms with Crippen molar-refractivity contribution in [1.29, 1.82) is 0 Å². The monoisotopic (exact) mass is 436 g/mol. The van der Waals surface area contributed by atoms with E-state index in [0.717, 1.165) is 10.9 Å². The summed E-state index contributed by atoms with van der Waals surface area (Å²) in [6.45, 7) is 3.38. The molecule has 9 heteroatoms. The topological polar surface area (TPSA) is 114 Å². The van der Waals surface area contributed by atoms with Crippen molar-refractivity contribution in [1.82, 2.24) is 10.3 Å². The van der Waals surface area contributed by atoms with E-state index in [-0.39, 0.29) is 31.2 Å². The largest absolute Gasteiger partial charge is 0.497 e. The number of rotatable bonds is 6. The number of piperazine rings is 1. The van der Waals surface area contributed by atoms with E-state index in [4.69, 9.17) is 9.15 Å². The summed E-state index contributed by atoms with van der Waals surface area (Å²) < 4.78 is 10.6. The molecule has 0 bridgehead atoms. The van der Waals surface area contributed by atoms with E-state index in [1.807, 2.05) is 17.9 Å². The molecule has 1 saturated heterocycles. The van der Waals surface area contributed by atoms with Gasteiger partial charge in [0.25, 0.3) is 0 Å². The molecule has 2 amide bonds. The fourth-order valence-corrected chi connectivity index (χ4v) is 3.73. The first kappa shape index (κ1) is 21.4. The van der Waals surface area contributed by atoms with Gasteiger partial charge in [-0.1, -0.05) is 0 Å². The molecular weight excluding hydrogens is 412 g/mol. The molecule has 0 unspecified atom stereocenters. The minimum Gasteiger partial charge on any atom is -0.497 e. The summed E-state index contributed by atoms with van der Waals surface area (Å²) in [6.07, 6.45) is 1.94. The maximum absolute atomic E-state index is 12.5. The highest BCUT2D eigenvalue weighted by Crippen LogP contribution is 2.24. The Kier molecular flexibility index (Phi) is 6.07. The summed E-state index contributed by atoms with van der Waals surface area (Å²) in [6, 6.07) is 8.83. The van der Waals surface area contributed by atoms with E-state index in [1.165, 1.54) is 0 Å². The lowest BCUT2D eigenvalue weighted by atomic mass is 10.0. The van der Waals surface area contributed by atoms with Gasteiger partial charge in [0.2, 0.25) is 11.8 Å². The Morgan fingerprint density at radius 3 is 2.84 bits per heavy atom. The molecule has 4 rings (SSSR count). The Morgan fingerprint density at radius 2 is 2.12 bits per heavy atom. The highest BCUT2D eigenvalue weighted by atomic mass is 16.5. The van der Waals surface area contributed by atoms with Gasteiger partial charge in [0.05, 0.1) is 25.5 Å². The van der Waals surface area contributed by atoms with E-state index in [2.05, 4.69) is 15.6 Å². The number of ether oxygens (including phenoxy) is 1. The number of carbonyl (C=O) groups excluding carboxylic acids is 2. The first-order valence-corrected chi connectivity index (χ1v) is 10.3. The Morgan fingerprint density at radius 1 is 1.28 bits per heavy atom. The molecule has 1 aliphatic rings. The lowest BCUT2D eigenvalue weighted by molar-refractivity contribution is -0.120. The number of amides is 2. The number of nitrogens with zero attached hydrogens (tertiary/aromatic N) is 2. The minimum absolute atomic E-state index is 0.0389. The molecule has 2 N–H and O–H groups in total. The summed E-state index contributed by atoms with van der Waals surface area (Å²) >= 11 is 0. The number of benzene rings is 1. The van der Waals surface area contributed by atoms with Crippen molar-refractivity contribution in [3.8, 4) is 5.75 Å². The van der Waals surface area contributed by atoms with Crippen LogP contribution in [0.2, 0.25) is 0 Å². The van der Waals surface area contributed by atoms with Crippen LogP contribution < -0.4 is 25.9 Å². The summed E-state index contributed by atoms with van der Waals surface area (Å²) in [5.41, 5.74) is 1.83. The Bertz CT molecular complexity index is 1220. The van der Waals surface area contributed by atoms with Gasteiger partial charge in [0, 0.05) is 36.5 Å². The van der Waals surface area contributed by atoms with Crippen molar-refractivity contribution < 1.29 is 18.7 Å². The van der Waals surface area contributed by atoms with Crippen molar-refractivity contribution in [3.63, 3.8) is 0 Å². The van der Waals surface area contributed by atoms with E-state index in [1.54, 1.807) is 37.6 Å². The number of aryl methyl sites for hydroxylation is 1. The van der Waals surface area contributed by atoms with Crippen LogP contribution in [0.25, 0.3) is 11.0 Å². The number of hydrogen-bond donors (Lipinski definition) is 2. The molecule has 32 heavy (non-hydrogen) atoms. The molecule has 3 aromatic rings. The fraction of sp³-hybridized carbons (Fsp3) is 0.304. The molecule has 1 aromatic carbocycles. The number of pyridine rings is 1. The molecule has 0 saturated carbocycles. The fourth-order valence-electron chi connectivity index (χ4n) is 3.73. The summed E-state index contributed by atoms with van der Waals surface area (Å²) in [5, 5.41) is 6.38. The third-order valence-electron chi connectivity index (χ3n) is 5.49. The first-order valence-electron chi connectivity index (χ1n) is 10.3. The normalized spacial score (nSPS) is 13.7. The van der Waals surface area contributed by atoms with Gasteiger partial charge in [-0.3, -0.25) is 9.59 Å². The second-order valence-corrected chi connectivity index (χ2v) is 7.58. The Labute approximate surface area is 184 Å². The van der Waals surface area contributed by atoms with Crippen LogP contribution in [0, 0.1) is 6.92 Å². The summed E-state index contributed by atoms with van der Waals surface area (Å²) in [7, 11) is 1.55. The molecule has 9 nitrogen and oxygen atoms in total. The van der Waals surface area contributed by atoms with Gasteiger partial charge in [-0.15, -0.1) is 0 Å². The zero-order chi connectivity index (χ0) is 22.7. The first-order chi connectivity index (χ1) is 15.4. The van der Waals surface area contributed by atoms with Crippen molar-refractivity contribution >= 4 is 34.3 Å². The third kappa shape index (κ3) is 4.56. The van der Waals surface area contributed by atoms with Crippen LogP contribution >= 0.6 is 0 Å². The average molecular weight is 436 g/mol. The Hall–Kier alpha value is -3.88. The van der Waals surface area contributed by atoms with E-state index >= 15 is 0 Å². The predicted octanol–water partition coefficient (Wildman–Crippen LogP) is 2.01. The quantitative estimate of drug-likeness (QED) is 0.568. The molecule has 1 fully saturated rings. The molecule has 0 spiro atoms. The van der Waals surface area contributed by atoms with Crippen LogP contribution in [0.15, 0.2) is 45.7 Å². The number of anilines is 2. The van der Waals surface area contributed by atoms with Gasteiger partial charge < -0.3 is 24.7 Å². The third-order valence-corrected chi connectivity index (χ3v) is 5.49. The van der Waals surface area contributed by atoms with Gasteiger partial charge in [-0.25, -0.2) is 9.78 Å². The molecule has 3 heterocycles. The summed E-state index contributed by atoms with van der Waals surface area (Å²) in [4.78, 5) is 42.6.